The zero-order valence-corrected chi connectivity index (χ0v) is 10.6. The molecule has 0 bridgehead atoms. The number of amides is 1. The number of aryl methyl sites for hydroxylation is 2. The zero-order valence-electron chi connectivity index (χ0n) is 10.6. The lowest BCUT2D eigenvalue weighted by molar-refractivity contribution is -0.122. The standard InChI is InChI=1S/C13H20N2O2/c1-8-4-11(6-14)5-9(2)12(8)17-7-10(3)13(15)16/h4-5,10H,6-7,14H2,1-3H3,(H2,15,16). The Kier molecular flexibility index (Phi) is 4.52. The number of nitrogens with two attached hydrogens (primary N) is 2. The van der Waals surface area contributed by atoms with Crippen LogP contribution in [-0.2, 0) is 11.3 Å². The highest BCUT2D eigenvalue weighted by molar-refractivity contribution is 5.76. The molecule has 4 heteroatoms. The van der Waals surface area contributed by atoms with Gasteiger partial charge in [0.1, 0.15) is 5.75 Å². The molecule has 1 aromatic rings. The number of carbonyl (C=O) groups is 1. The van der Waals surface area contributed by atoms with Gasteiger partial charge >= 0.3 is 0 Å². The van der Waals surface area contributed by atoms with Gasteiger partial charge in [-0.15, -0.1) is 0 Å². The van der Waals surface area contributed by atoms with E-state index in [0.717, 1.165) is 22.4 Å². The van der Waals surface area contributed by atoms with Crippen molar-refractivity contribution in [2.24, 2.45) is 17.4 Å². The molecule has 0 aromatic heterocycles. The molecular formula is C13H20N2O2. The molecule has 4 N–H and O–H groups in total. The molecule has 0 aliphatic carbocycles. The van der Waals surface area contributed by atoms with Gasteiger partial charge in [0.05, 0.1) is 12.5 Å². The van der Waals surface area contributed by atoms with E-state index >= 15 is 0 Å². The highest BCUT2D eigenvalue weighted by Gasteiger charge is 2.12. The predicted octanol–water partition coefficient (Wildman–Crippen LogP) is 1.26. The van der Waals surface area contributed by atoms with Crippen LogP contribution in [0, 0.1) is 19.8 Å². The maximum Gasteiger partial charge on any atom is 0.223 e. The smallest absolute Gasteiger partial charge is 0.223 e. The fourth-order valence-corrected chi connectivity index (χ4v) is 1.68. The number of hydrogen-bond donors (Lipinski definition) is 2. The first kappa shape index (κ1) is 13.5. The second-order valence-corrected chi connectivity index (χ2v) is 4.38. The Labute approximate surface area is 102 Å². The maximum atomic E-state index is 10.9. The molecule has 17 heavy (non-hydrogen) atoms. The normalized spacial score (nSPS) is 12.2. The van der Waals surface area contributed by atoms with E-state index in [2.05, 4.69) is 0 Å². The van der Waals surface area contributed by atoms with E-state index in [9.17, 15) is 4.79 Å². The van der Waals surface area contributed by atoms with Crippen LogP contribution >= 0.6 is 0 Å². The number of rotatable bonds is 5. The van der Waals surface area contributed by atoms with Crippen LogP contribution in [0.1, 0.15) is 23.6 Å². The van der Waals surface area contributed by atoms with Crippen molar-refractivity contribution in [3.63, 3.8) is 0 Å². The van der Waals surface area contributed by atoms with Crippen molar-refractivity contribution in [3.8, 4) is 5.75 Å². The third-order valence-corrected chi connectivity index (χ3v) is 2.72. The van der Waals surface area contributed by atoms with Gasteiger partial charge in [-0.05, 0) is 30.5 Å². The number of ether oxygens (including phenoxy) is 1. The van der Waals surface area contributed by atoms with Gasteiger partial charge < -0.3 is 16.2 Å². The van der Waals surface area contributed by atoms with Gasteiger partial charge in [0, 0.05) is 6.54 Å². The number of hydrogen-bond acceptors (Lipinski definition) is 3. The van der Waals surface area contributed by atoms with Crippen molar-refractivity contribution >= 4 is 5.91 Å². The Balaban J connectivity index is 2.81. The van der Waals surface area contributed by atoms with Gasteiger partial charge in [0.25, 0.3) is 0 Å². The van der Waals surface area contributed by atoms with E-state index in [1.54, 1.807) is 6.92 Å². The molecule has 0 aliphatic heterocycles. The molecule has 1 rings (SSSR count). The fraction of sp³-hybridized carbons (Fsp3) is 0.462. The minimum atomic E-state index is -0.348. The summed E-state index contributed by atoms with van der Waals surface area (Å²) in [5.41, 5.74) is 13.9. The lowest BCUT2D eigenvalue weighted by Crippen LogP contribution is -2.26. The summed E-state index contributed by atoms with van der Waals surface area (Å²) in [7, 11) is 0. The molecule has 0 heterocycles. The van der Waals surface area contributed by atoms with Crippen LogP contribution in [-0.4, -0.2) is 12.5 Å². The average molecular weight is 236 g/mol. The lowest BCUT2D eigenvalue weighted by Gasteiger charge is -2.15. The van der Waals surface area contributed by atoms with Crippen LogP contribution in [0.2, 0.25) is 0 Å². The first-order valence-corrected chi connectivity index (χ1v) is 5.68. The minimum Gasteiger partial charge on any atom is -0.492 e. The lowest BCUT2D eigenvalue weighted by atomic mass is 10.1. The van der Waals surface area contributed by atoms with Crippen LogP contribution < -0.4 is 16.2 Å². The molecule has 0 saturated heterocycles. The Morgan fingerprint density at radius 3 is 2.29 bits per heavy atom. The Morgan fingerprint density at radius 2 is 1.88 bits per heavy atom. The maximum absolute atomic E-state index is 10.9. The Bertz CT molecular complexity index is 393. The van der Waals surface area contributed by atoms with Crippen molar-refractivity contribution in [2.45, 2.75) is 27.3 Å². The summed E-state index contributed by atoms with van der Waals surface area (Å²) >= 11 is 0. The molecular weight excluding hydrogens is 216 g/mol. The van der Waals surface area contributed by atoms with Crippen molar-refractivity contribution in [1.82, 2.24) is 0 Å². The van der Waals surface area contributed by atoms with Crippen LogP contribution in [0.5, 0.6) is 5.75 Å². The molecule has 94 valence electrons. The molecule has 1 atom stereocenters. The van der Waals surface area contributed by atoms with E-state index < -0.39 is 0 Å². The monoisotopic (exact) mass is 236 g/mol. The number of carbonyl (C=O) groups excluding carboxylic acids is 1. The Morgan fingerprint density at radius 1 is 1.35 bits per heavy atom. The molecule has 0 aliphatic rings. The summed E-state index contributed by atoms with van der Waals surface area (Å²) in [6.45, 7) is 6.51. The predicted molar refractivity (Wildman–Crippen MR) is 67.7 cm³/mol. The minimum absolute atomic E-state index is 0.289. The van der Waals surface area contributed by atoms with Crippen molar-refractivity contribution in [1.29, 1.82) is 0 Å². The molecule has 0 radical (unpaired) electrons. The quantitative estimate of drug-likeness (QED) is 0.808. The Hall–Kier alpha value is -1.55. The average Bonchev–Trinajstić information content (AvgIpc) is 2.27. The van der Waals surface area contributed by atoms with Gasteiger partial charge in [-0.1, -0.05) is 19.1 Å². The topological polar surface area (TPSA) is 78.3 Å². The molecule has 4 nitrogen and oxygen atoms in total. The summed E-state index contributed by atoms with van der Waals surface area (Å²) in [6.07, 6.45) is 0. The highest BCUT2D eigenvalue weighted by atomic mass is 16.5. The van der Waals surface area contributed by atoms with E-state index in [1.807, 2.05) is 26.0 Å². The summed E-state index contributed by atoms with van der Waals surface area (Å²) in [6, 6.07) is 3.99. The van der Waals surface area contributed by atoms with E-state index in [0.29, 0.717) is 13.2 Å². The summed E-state index contributed by atoms with van der Waals surface area (Å²) in [4.78, 5) is 10.9. The molecule has 1 aromatic carbocycles. The van der Waals surface area contributed by atoms with Gasteiger partial charge in [0.2, 0.25) is 5.91 Å². The van der Waals surface area contributed by atoms with Crippen LogP contribution in [0.3, 0.4) is 0 Å². The first-order chi connectivity index (χ1) is 7.95. The van der Waals surface area contributed by atoms with E-state index in [-0.39, 0.29) is 11.8 Å². The van der Waals surface area contributed by atoms with Gasteiger partial charge in [-0.3, -0.25) is 4.79 Å². The van der Waals surface area contributed by atoms with Crippen molar-refractivity contribution < 1.29 is 9.53 Å². The van der Waals surface area contributed by atoms with E-state index in [4.69, 9.17) is 16.2 Å². The third-order valence-electron chi connectivity index (χ3n) is 2.72. The second-order valence-electron chi connectivity index (χ2n) is 4.38. The van der Waals surface area contributed by atoms with Gasteiger partial charge in [0.15, 0.2) is 0 Å². The van der Waals surface area contributed by atoms with Crippen LogP contribution in [0.15, 0.2) is 12.1 Å². The van der Waals surface area contributed by atoms with Crippen molar-refractivity contribution in [2.75, 3.05) is 6.61 Å². The summed E-state index contributed by atoms with van der Waals surface area (Å²) < 4.78 is 5.65. The molecule has 1 amide bonds. The van der Waals surface area contributed by atoms with Crippen LogP contribution in [0.25, 0.3) is 0 Å². The SMILES string of the molecule is Cc1cc(CN)cc(C)c1OCC(C)C(N)=O. The second kappa shape index (κ2) is 5.68. The fourth-order valence-electron chi connectivity index (χ4n) is 1.68. The van der Waals surface area contributed by atoms with Crippen molar-refractivity contribution in [3.05, 3.63) is 28.8 Å². The number of benzene rings is 1. The highest BCUT2D eigenvalue weighted by Crippen LogP contribution is 2.25. The summed E-state index contributed by atoms with van der Waals surface area (Å²) in [5.74, 6) is 0.178. The molecule has 0 spiro atoms. The van der Waals surface area contributed by atoms with Gasteiger partial charge in [-0.2, -0.15) is 0 Å². The number of primary amides is 1. The third kappa shape index (κ3) is 3.46. The summed E-state index contributed by atoms with van der Waals surface area (Å²) in [5, 5.41) is 0. The van der Waals surface area contributed by atoms with Crippen LogP contribution in [0.4, 0.5) is 0 Å². The van der Waals surface area contributed by atoms with E-state index in [1.165, 1.54) is 0 Å². The first-order valence-electron chi connectivity index (χ1n) is 5.68. The molecule has 1 unspecified atom stereocenters. The molecule has 0 fully saturated rings. The molecule has 0 saturated carbocycles. The zero-order chi connectivity index (χ0) is 13.0. The largest absolute Gasteiger partial charge is 0.492 e. The van der Waals surface area contributed by atoms with Gasteiger partial charge in [-0.25, -0.2) is 0 Å².